The molecular weight excluding hydrogens is 218 g/mol. The van der Waals surface area contributed by atoms with E-state index in [0.717, 1.165) is 25.3 Å². The Morgan fingerprint density at radius 2 is 2.06 bits per heavy atom. The Balaban J connectivity index is 2.16. The van der Waals surface area contributed by atoms with E-state index in [2.05, 4.69) is 14.9 Å². The second kappa shape index (κ2) is 4.78. The lowest BCUT2D eigenvalue weighted by Gasteiger charge is -2.33. The van der Waals surface area contributed by atoms with Crippen LogP contribution in [0.2, 0.25) is 0 Å². The average molecular weight is 231 g/mol. The van der Waals surface area contributed by atoms with Gasteiger partial charge in [0, 0.05) is 32.2 Å². The fourth-order valence-electron chi connectivity index (χ4n) is 1.83. The summed E-state index contributed by atoms with van der Waals surface area (Å²) >= 11 is 0. The third-order valence-corrected chi connectivity index (χ3v) is 2.73. The van der Waals surface area contributed by atoms with Crippen molar-refractivity contribution in [1.82, 2.24) is 14.9 Å². The van der Waals surface area contributed by atoms with Gasteiger partial charge in [0.2, 0.25) is 6.41 Å². The SMILES string of the molecule is Cc1nc(C#N)cc(N2CCN(C=O)CC2)n1. The molecule has 0 spiro atoms. The minimum Gasteiger partial charge on any atom is -0.353 e. The molecule has 6 nitrogen and oxygen atoms in total. The van der Waals surface area contributed by atoms with Gasteiger partial charge in [-0.15, -0.1) is 0 Å². The van der Waals surface area contributed by atoms with Crippen molar-refractivity contribution in [3.05, 3.63) is 17.6 Å². The van der Waals surface area contributed by atoms with Gasteiger partial charge in [-0.05, 0) is 6.92 Å². The number of rotatable bonds is 2. The Kier molecular flexibility index (Phi) is 3.19. The molecule has 2 rings (SSSR count). The second-order valence-electron chi connectivity index (χ2n) is 3.90. The van der Waals surface area contributed by atoms with E-state index in [1.165, 1.54) is 0 Å². The molecule has 1 aromatic rings. The van der Waals surface area contributed by atoms with Crippen molar-refractivity contribution in [1.29, 1.82) is 5.26 Å². The molecule has 1 aliphatic rings. The summed E-state index contributed by atoms with van der Waals surface area (Å²) in [6.07, 6.45) is 0.864. The van der Waals surface area contributed by atoms with Crippen molar-refractivity contribution in [2.75, 3.05) is 31.1 Å². The summed E-state index contributed by atoms with van der Waals surface area (Å²) in [5, 5.41) is 8.85. The first kappa shape index (κ1) is 11.3. The van der Waals surface area contributed by atoms with E-state index in [9.17, 15) is 4.79 Å². The highest BCUT2D eigenvalue weighted by atomic mass is 16.1. The van der Waals surface area contributed by atoms with Crippen molar-refractivity contribution < 1.29 is 4.79 Å². The van der Waals surface area contributed by atoms with Gasteiger partial charge in [0.25, 0.3) is 0 Å². The standard InChI is InChI=1S/C11H13N5O/c1-9-13-10(7-12)6-11(14-9)16-4-2-15(8-17)3-5-16/h6,8H,2-5H2,1H3. The Bertz CT molecular complexity index is 459. The van der Waals surface area contributed by atoms with Gasteiger partial charge in [-0.1, -0.05) is 0 Å². The molecule has 0 unspecified atom stereocenters. The Labute approximate surface area is 99.5 Å². The van der Waals surface area contributed by atoms with E-state index in [4.69, 9.17) is 5.26 Å². The average Bonchev–Trinajstić information content (AvgIpc) is 2.38. The Morgan fingerprint density at radius 3 is 2.65 bits per heavy atom. The van der Waals surface area contributed by atoms with Crippen LogP contribution in [0.15, 0.2) is 6.07 Å². The molecule has 1 amide bonds. The molecular formula is C11H13N5O. The second-order valence-corrected chi connectivity index (χ2v) is 3.90. The minimum atomic E-state index is 0.380. The number of carbonyl (C=O) groups is 1. The first-order valence-corrected chi connectivity index (χ1v) is 5.43. The number of carbonyl (C=O) groups excluding carboxylic acids is 1. The van der Waals surface area contributed by atoms with Crippen LogP contribution in [0, 0.1) is 18.3 Å². The lowest BCUT2D eigenvalue weighted by atomic mass is 10.3. The molecule has 0 saturated carbocycles. The summed E-state index contributed by atoms with van der Waals surface area (Å²) in [5.41, 5.74) is 0.380. The molecule has 1 saturated heterocycles. The van der Waals surface area contributed by atoms with E-state index in [1.54, 1.807) is 17.9 Å². The molecule has 1 aromatic heterocycles. The first-order valence-electron chi connectivity index (χ1n) is 5.43. The van der Waals surface area contributed by atoms with Crippen molar-refractivity contribution in [2.24, 2.45) is 0 Å². The van der Waals surface area contributed by atoms with Gasteiger partial charge in [0.1, 0.15) is 23.4 Å². The van der Waals surface area contributed by atoms with Crippen LogP contribution in [0.25, 0.3) is 0 Å². The quantitative estimate of drug-likeness (QED) is 0.666. The van der Waals surface area contributed by atoms with Crippen LogP contribution in [0.4, 0.5) is 5.82 Å². The monoisotopic (exact) mass is 231 g/mol. The fourth-order valence-corrected chi connectivity index (χ4v) is 1.83. The number of hydrogen-bond acceptors (Lipinski definition) is 5. The topological polar surface area (TPSA) is 73.1 Å². The molecule has 0 N–H and O–H groups in total. The summed E-state index contributed by atoms with van der Waals surface area (Å²) in [6, 6.07) is 3.71. The van der Waals surface area contributed by atoms with Gasteiger partial charge in [0.15, 0.2) is 0 Å². The maximum atomic E-state index is 10.6. The van der Waals surface area contributed by atoms with Crippen LogP contribution in [0.1, 0.15) is 11.5 Å². The summed E-state index contributed by atoms with van der Waals surface area (Å²) in [6.45, 7) is 4.62. The molecule has 1 fully saturated rings. The predicted molar refractivity (Wildman–Crippen MR) is 61.3 cm³/mol. The fraction of sp³-hybridized carbons (Fsp3) is 0.455. The molecule has 0 radical (unpaired) electrons. The van der Waals surface area contributed by atoms with Crippen LogP contribution in [-0.2, 0) is 4.79 Å². The van der Waals surface area contributed by atoms with Gasteiger partial charge in [-0.2, -0.15) is 5.26 Å². The van der Waals surface area contributed by atoms with E-state index in [-0.39, 0.29) is 0 Å². The lowest BCUT2D eigenvalue weighted by molar-refractivity contribution is -0.118. The number of hydrogen-bond donors (Lipinski definition) is 0. The summed E-state index contributed by atoms with van der Waals surface area (Å²) < 4.78 is 0. The van der Waals surface area contributed by atoms with Crippen molar-refractivity contribution >= 4 is 12.2 Å². The zero-order chi connectivity index (χ0) is 12.3. The van der Waals surface area contributed by atoms with Gasteiger partial charge in [-0.25, -0.2) is 9.97 Å². The first-order chi connectivity index (χ1) is 8.22. The smallest absolute Gasteiger partial charge is 0.209 e. The van der Waals surface area contributed by atoms with Gasteiger partial charge >= 0.3 is 0 Å². The molecule has 0 aromatic carbocycles. The van der Waals surface area contributed by atoms with E-state index in [0.29, 0.717) is 24.6 Å². The number of anilines is 1. The molecule has 0 aliphatic carbocycles. The normalized spacial score (nSPS) is 15.5. The Morgan fingerprint density at radius 1 is 1.35 bits per heavy atom. The molecule has 0 bridgehead atoms. The summed E-state index contributed by atoms with van der Waals surface area (Å²) in [7, 11) is 0. The number of aryl methyl sites for hydroxylation is 1. The van der Waals surface area contributed by atoms with Gasteiger partial charge in [0.05, 0.1) is 0 Å². The highest BCUT2D eigenvalue weighted by Crippen LogP contribution is 2.14. The van der Waals surface area contributed by atoms with Crippen LogP contribution < -0.4 is 4.90 Å². The number of piperazine rings is 1. The largest absolute Gasteiger partial charge is 0.353 e. The van der Waals surface area contributed by atoms with Gasteiger partial charge in [-0.3, -0.25) is 4.79 Å². The van der Waals surface area contributed by atoms with Crippen LogP contribution in [0.5, 0.6) is 0 Å². The van der Waals surface area contributed by atoms with Crippen LogP contribution in [-0.4, -0.2) is 47.5 Å². The molecule has 17 heavy (non-hydrogen) atoms. The number of aromatic nitrogens is 2. The van der Waals surface area contributed by atoms with Gasteiger partial charge < -0.3 is 9.80 Å². The third kappa shape index (κ3) is 2.50. The predicted octanol–water partition coefficient (Wildman–Crippen LogP) is -0.0649. The molecule has 88 valence electrons. The summed E-state index contributed by atoms with van der Waals surface area (Å²) in [4.78, 5) is 22.7. The van der Waals surface area contributed by atoms with E-state index < -0.39 is 0 Å². The minimum absolute atomic E-state index is 0.380. The molecule has 1 aliphatic heterocycles. The Hall–Kier alpha value is -2.16. The van der Waals surface area contributed by atoms with Crippen LogP contribution >= 0.6 is 0 Å². The van der Waals surface area contributed by atoms with E-state index in [1.807, 2.05) is 6.07 Å². The maximum absolute atomic E-state index is 10.6. The highest BCUT2D eigenvalue weighted by Gasteiger charge is 2.17. The number of nitriles is 1. The van der Waals surface area contributed by atoms with Crippen LogP contribution in [0.3, 0.4) is 0 Å². The maximum Gasteiger partial charge on any atom is 0.209 e. The molecule has 6 heteroatoms. The highest BCUT2D eigenvalue weighted by molar-refractivity contribution is 5.49. The zero-order valence-corrected chi connectivity index (χ0v) is 9.63. The van der Waals surface area contributed by atoms with E-state index >= 15 is 0 Å². The van der Waals surface area contributed by atoms with Crippen molar-refractivity contribution in [3.63, 3.8) is 0 Å². The van der Waals surface area contributed by atoms with Crippen molar-refractivity contribution in [2.45, 2.75) is 6.92 Å². The zero-order valence-electron chi connectivity index (χ0n) is 9.63. The third-order valence-electron chi connectivity index (χ3n) is 2.73. The molecule has 0 atom stereocenters. The number of amides is 1. The van der Waals surface area contributed by atoms with Crippen molar-refractivity contribution in [3.8, 4) is 6.07 Å². The number of nitrogens with zero attached hydrogens (tertiary/aromatic N) is 5. The summed E-state index contributed by atoms with van der Waals surface area (Å²) in [5.74, 6) is 1.36. The lowest BCUT2D eigenvalue weighted by Crippen LogP contribution is -2.46. The molecule has 2 heterocycles.